The molecular formula is C23H30O3. The highest BCUT2D eigenvalue weighted by atomic mass is 16.5. The van der Waals surface area contributed by atoms with Crippen LogP contribution in [0.15, 0.2) is 34.9 Å². The van der Waals surface area contributed by atoms with Crippen molar-refractivity contribution in [1.82, 2.24) is 0 Å². The van der Waals surface area contributed by atoms with Crippen molar-refractivity contribution in [3.8, 4) is 0 Å². The van der Waals surface area contributed by atoms with Crippen molar-refractivity contribution in [3.63, 3.8) is 0 Å². The SMILES string of the molecule is CC12CC[C@H]3[C@@H](CCC4CC(O)CCC43C)C1=CC=C2C1=CC(=O)OC1. The summed E-state index contributed by atoms with van der Waals surface area (Å²) in [5.74, 6) is 1.91. The highest BCUT2D eigenvalue weighted by Crippen LogP contribution is 2.65. The highest BCUT2D eigenvalue weighted by Gasteiger charge is 2.56. The lowest BCUT2D eigenvalue weighted by molar-refractivity contribution is -0.134. The molecule has 3 heteroatoms. The van der Waals surface area contributed by atoms with Crippen molar-refractivity contribution < 1.29 is 14.6 Å². The van der Waals surface area contributed by atoms with Crippen LogP contribution < -0.4 is 0 Å². The molecule has 0 aromatic rings. The third-order valence-corrected chi connectivity index (χ3v) is 8.69. The molecule has 5 aliphatic rings. The summed E-state index contributed by atoms with van der Waals surface area (Å²) in [5, 5.41) is 10.2. The minimum atomic E-state index is -0.194. The average Bonchev–Trinajstić information content (AvgIpc) is 3.18. The predicted octanol–water partition coefficient (Wildman–Crippen LogP) is 4.33. The zero-order valence-electron chi connectivity index (χ0n) is 16.0. The van der Waals surface area contributed by atoms with Gasteiger partial charge in [-0.2, -0.15) is 0 Å². The number of fused-ring (bicyclic) bond motifs is 5. The second-order valence-electron chi connectivity index (χ2n) is 9.77. The van der Waals surface area contributed by atoms with Crippen LogP contribution in [0.5, 0.6) is 0 Å². The molecule has 0 aromatic carbocycles. The number of rotatable bonds is 1. The maximum atomic E-state index is 11.6. The topological polar surface area (TPSA) is 46.5 Å². The molecule has 1 aliphatic heterocycles. The lowest BCUT2D eigenvalue weighted by Gasteiger charge is -2.59. The Hall–Kier alpha value is -1.35. The zero-order valence-corrected chi connectivity index (χ0v) is 16.0. The largest absolute Gasteiger partial charge is 0.458 e. The highest BCUT2D eigenvalue weighted by molar-refractivity contribution is 5.87. The molecule has 3 nitrogen and oxygen atoms in total. The van der Waals surface area contributed by atoms with Crippen molar-refractivity contribution in [2.45, 2.75) is 64.9 Å². The summed E-state index contributed by atoms with van der Waals surface area (Å²) in [6.07, 6.45) is 14.4. The number of ether oxygens (including phenoxy) is 1. The summed E-state index contributed by atoms with van der Waals surface area (Å²) < 4.78 is 5.19. The van der Waals surface area contributed by atoms with Crippen molar-refractivity contribution in [3.05, 3.63) is 34.9 Å². The van der Waals surface area contributed by atoms with Crippen LogP contribution in [-0.4, -0.2) is 23.8 Å². The Labute approximate surface area is 156 Å². The first-order chi connectivity index (χ1) is 12.4. The zero-order chi connectivity index (χ0) is 18.1. The third kappa shape index (κ3) is 2.19. The number of aliphatic hydroxyl groups excluding tert-OH is 1. The standard InChI is InChI=1S/C23H30O3/c1-22-9-7-16(24)12-15(22)3-4-17-19-6-5-18(14-11-21(25)26-13-14)23(19,2)10-8-20(17)22/h5-6,11,15-17,20,24H,3-4,7-10,12-13H2,1-2H3/t15?,16?,17-,20-,22?,23?/m0/s1. The summed E-state index contributed by atoms with van der Waals surface area (Å²) in [4.78, 5) is 11.6. The Morgan fingerprint density at radius 3 is 2.73 bits per heavy atom. The van der Waals surface area contributed by atoms with Gasteiger partial charge in [0.25, 0.3) is 0 Å². The number of carbonyl (C=O) groups is 1. The number of cyclic esters (lactones) is 1. The molecule has 3 fully saturated rings. The van der Waals surface area contributed by atoms with Gasteiger partial charge in [0.2, 0.25) is 0 Å². The summed E-state index contributed by atoms with van der Waals surface area (Å²) in [6, 6.07) is 0. The quantitative estimate of drug-likeness (QED) is 0.713. The Balaban J connectivity index is 1.44. The smallest absolute Gasteiger partial charge is 0.331 e. The molecule has 6 atom stereocenters. The molecular weight excluding hydrogens is 324 g/mol. The number of allylic oxidation sites excluding steroid dienone is 3. The van der Waals surface area contributed by atoms with Crippen LogP contribution in [0.2, 0.25) is 0 Å². The molecule has 0 radical (unpaired) electrons. The average molecular weight is 354 g/mol. The van der Waals surface area contributed by atoms with Crippen molar-refractivity contribution in [2.75, 3.05) is 6.61 Å². The lowest BCUT2D eigenvalue weighted by Crippen LogP contribution is -2.51. The number of hydrogen-bond acceptors (Lipinski definition) is 3. The van der Waals surface area contributed by atoms with Gasteiger partial charge in [0.05, 0.1) is 6.10 Å². The minimum absolute atomic E-state index is 0.0794. The van der Waals surface area contributed by atoms with Gasteiger partial charge in [-0.25, -0.2) is 4.79 Å². The summed E-state index contributed by atoms with van der Waals surface area (Å²) in [6.45, 7) is 5.34. The van der Waals surface area contributed by atoms with Crippen LogP contribution in [0.4, 0.5) is 0 Å². The van der Waals surface area contributed by atoms with E-state index in [1.165, 1.54) is 37.7 Å². The molecule has 0 aromatic heterocycles. The summed E-state index contributed by atoms with van der Waals surface area (Å²) in [7, 11) is 0. The van der Waals surface area contributed by atoms with Crippen LogP contribution in [-0.2, 0) is 9.53 Å². The third-order valence-electron chi connectivity index (χ3n) is 8.69. The van der Waals surface area contributed by atoms with Gasteiger partial charge in [-0.3, -0.25) is 0 Å². The van der Waals surface area contributed by atoms with E-state index in [9.17, 15) is 9.90 Å². The number of aliphatic hydroxyl groups is 1. The number of carbonyl (C=O) groups excluding carboxylic acids is 1. The van der Waals surface area contributed by atoms with E-state index in [4.69, 9.17) is 4.74 Å². The van der Waals surface area contributed by atoms with E-state index in [1.54, 1.807) is 11.6 Å². The Morgan fingerprint density at radius 1 is 1.12 bits per heavy atom. The maximum absolute atomic E-state index is 11.6. The van der Waals surface area contributed by atoms with Crippen molar-refractivity contribution in [1.29, 1.82) is 0 Å². The maximum Gasteiger partial charge on any atom is 0.331 e. The molecule has 1 N–H and O–H groups in total. The summed E-state index contributed by atoms with van der Waals surface area (Å²) >= 11 is 0. The fraction of sp³-hybridized carbons (Fsp3) is 0.696. The minimum Gasteiger partial charge on any atom is -0.458 e. The van der Waals surface area contributed by atoms with E-state index < -0.39 is 0 Å². The van der Waals surface area contributed by atoms with Gasteiger partial charge in [0, 0.05) is 17.1 Å². The first-order valence-corrected chi connectivity index (χ1v) is 10.4. The summed E-state index contributed by atoms with van der Waals surface area (Å²) in [5.41, 5.74) is 4.48. The number of esters is 1. The normalized spacial score (nSPS) is 47.2. The van der Waals surface area contributed by atoms with Gasteiger partial charge in [-0.05, 0) is 73.7 Å². The van der Waals surface area contributed by atoms with Gasteiger partial charge >= 0.3 is 5.97 Å². The van der Waals surface area contributed by atoms with Gasteiger partial charge < -0.3 is 9.84 Å². The van der Waals surface area contributed by atoms with Crippen LogP contribution in [0.25, 0.3) is 0 Å². The van der Waals surface area contributed by atoms with E-state index >= 15 is 0 Å². The Kier molecular flexibility index (Phi) is 3.60. The molecule has 4 aliphatic carbocycles. The Morgan fingerprint density at radius 2 is 1.96 bits per heavy atom. The number of hydrogen-bond donors (Lipinski definition) is 1. The van der Waals surface area contributed by atoms with Crippen LogP contribution in [0, 0.1) is 28.6 Å². The van der Waals surface area contributed by atoms with Gasteiger partial charge in [0.1, 0.15) is 6.61 Å². The monoisotopic (exact) mass is 354 g/mol. The van der Waals surface area contributed by atoms with Crippen molar-refractivity contribution in [2.24, 2.45) is 28.6 Å². The van der Waals surface area contributed by atoms with E-state index in [2.05, 4.69) is 26.0 Å². The molecule has 140 valence electrons. The van der Waals surface area contributed by atoms with Crippen molar-refractivity contribution >= 4 is 5.97 Å². The Bertz CT molecular complexity index is 745. The first kappa shape index (κ1) is 16.8. The second kappa shape index (κ2) is 5.58. The molecule has 3 saturated carbocycles. The molecule has 0 bridgehead atoms. The molecule has 1 heterocycles. The predicted molar refractivity (Wildman–Crippen MR) is 100 cm³/mol. The fourth-order valence-corrected chi connectivity index (χ4v) is 7.22. The van der Waals surface area contributed by atoms with Gasteiger partial charge in [-0.15, -0.1) is 0 Å². The van der Waals surface area contributed by atoms with Crippen LogP contribution in [0.3, 0.4) is 0 Å². The van der Waals surface area contributed by atoms with E-state index in [0.29, 0.717) is 23.9 Å². The first-order valence-electron chi connectivity index (χ1n) is 10.4. The molecule has 0 saturated heterocycles. The molecule has 4 unspecified atom stereocenters. The fourth-order valence-electron chi connectivity index (χ4n) is 7.22. The van der Waals surface area contributed by atoms with Gasteiger partial charge in [0.15, 0.2) is 0 Å². The van der Waals surface area contributed by atoms with Crippen LogP contribution >= 0.6 is 0 Å². The molecule has 5 rings (SSSR count). The molecule has 26 heavy (non-hydrogen) atoms. The second-order valence-corrected chi connectivity index (χ2v) is 9.77. The van der Waals surface area contributed by atoms with E-state index in [-0.39, 0.29) is 17.5 Å². The van der Waals surface area contributed by atoms with E-state index in [0.717, 1.165) is 24.3 Å². The van der Waals surface area contributed by atoms with Gasteiger partial charge in [-0.1, -0.05) is 31.6 Å². The van der Waals surface area contributed by atoms with Crippen LogP contribution in [0.1, 0.15) is 58.8 Å². The lowest BCUT2D eigenvalue weighted by atomic mass is 9.46. The molecule has 0 amide bonds. The van der Waals surface area contributed by atoms with E-state index in [1.807, 2.05) is 0 Å². The molecule has 0 spiro atoms.